The molecule has 1 atom stereocenters. The summed E-state index contributed by atoms with van der Waals surface area (Å²) >= 11 is 11.9. The maximum Gasteiger partial charge on any atom is 0.137 e. The van der Waals surface area contributed by atoms with Crippen LogP contribution in [0.3, 0.4) is 0 Å². The van der Waals surface area contributed by atoms with E-state index in [1.54, 1.807) is 12.1 Å². The molecule has 2 nitrogen and oxygen atoms in total. The zero-order valence-corrected chi connectivity index (χ0v) is 12.9. The van der Waals surface area contributed by atoms with Crippen LogP contribution in [0.15, 0.2) is 46.9 Å². The molecule has 0 spiro atoms. The molecule has 0 aliphatic heterocycles. The number of rotatable bonds is 3. The van der Waals surface area contributed by atoms with Crippen molar-refractivity contribution in [1.82, 2.24) is 0 Å². The summed E-state index contributed by atoms with van der Waals surface area (Å²) in [5.74, 6) is 0.561. The van der Waals surface area contributed by atoms with Gasteiger partial charge in [-0.1, -0.05) is 47.5 Å². The van der Waals surface area contributed by atoms with Crippen LogP contribution in [0.25, 0.3) is 11.0 Å². The first-order valence-electron chi connectivity index (χ1n) is 6.65. The summed E-state index contributed by atoms with van der Waals surface area (Å²) in [7, 11) is 0. The van der Waals surface area contributed by atoms with Gasteiger partial charge in [-0.25, -0.2) is 0 Å². The highest BCUT2D eigenvalue weighted by Gasteiger charge is 2.15. The topological polar surface area (TPSA) is 33.4 Å². The second-order valence-electron chi connectivity index (χ2n) is 5.11. The molecule has 0 radical (unpaired) electrons. The van der Waals surface area contributed by atoms with E-state index in [9.17, 15) is 5.11 Å². The highest BCUT2D eigenvalue weighted by molar-refractivity contribution is 6.42. The number of halogens is 2. The standard InChI is InChI=1S/C17H14Cl2O2/c1-10-3-2-4-12-9-16(21-17(10)12)15(20)8-11-5-6-13(18)14(19)7-11/h2-7,9,15,20H,8H2,1H3. The van der Waals surface area contributed by atoms with Crippen molar-refractivity contribution in [3.05, 3.63) is 69.4 Å². The van der Waals surface area contributed by atoms with Gasteiger partial charge >= 0.3 is 0 Å². The van der Waals surface area contributed by atoms with E-state index in [0.29, 0.717) is 22.2 Å². The number of furan rings is 1. The van der Waals surface area contributed by atoms with Crippen LogP contribution in [-0.4, -0.2) is 5.11 Å². The van der Waals surface area contributed by atoms with E-state index >= 15 is 0 Å². The molecule has 3 rings (SSSR count). The van der Waals surface area contributed by atoms with Gasteiger partial charge in [0.2, 0.25) is 0 Å². The Balaban J connectivity index is 1.87. The molecule has 3 aromatic rings. The Morgan fingerprint density at radius 2 is 1.90 bits per heavy atom. The van der Waals surface area contributed by atoms with Crippen molar-refractivity contribution in [3.8, 4) is 0 Å². The van der Waals surface area contributed by atoms with Gasteiger partial charge < -0.3 is 9.52 Å². The van der Waals surface area contributed by atoms with Crippen molar-refractivity contribution in [2.75, 3.05) is 0 Å². The fourth-order valence-corrected chi connectivity index (χ4v) is 2.70. The van der Waals surface area contributed by atoms with E-state index in [1.165, 1.54) is 0 Å². The molecule has 1 N–H and O–H groups in total. The lowest BCUT2D eigenvalue weighted by atomic mass is 10.1. The lowest BCUT2D eigenvalue weighted by Crippen LogP contribution is -2.00. The third-order valence-electron chi connectivity index (χ3n) is 3.50. The first-order chi connectivity index (χ1) is 10.0. The van der Waals surface area contributed by atoms with Crippen LogP contribution in [0.2, 0.25) is 10.0 Å². The average Bonchev–Trinajstić information content (AvgIpc) is 2.89. The zero-order chi connectivity index (χ0) is 15.0. The molecule has 0 amide bonds. The number of hydrogen-bond acceptors (Lipinski definition) is 2. The Labute approximate surface area is 132 Å². The Morgan fingerprint density at radius 1 is 1.10 bits per heavy atom. The van der Waals surface area contributed by atoms with Gasteiger partial charge in [0.15, 0.2) is 0 Å². The van der Waals surface area contributed by atoms with Crippen LogP contribution in [0.1, 0.15) is 23.0 Å². The van der Waals surface area contributed by atoms with Gasteiger partial charge in [0, 0.05) is 11.8 Å². The van der Waals surface area contributed by atoms with E-state index in [-0.39, 0.29) is 0 Å². The van der Waals surface area contributed by atoms with Crippen LogP contribution in [0.5, 0.6) is 0 Å². The average molecular weight is 321 g/mol. The van der Waals surface area contributed by atoms with Gasteiger partial charge in [0.25, 0.3) is 0 Å². The Bertz CT molecular complexity index is 793. The van der Waals surface area contributed by atoms with Crippen molar-refractivity contribution in [2.45, 2.75) is 19.4 Å². The van der Waals surface area contributed by atoms with Crippen molar-refractivity contribution in [3.63, 3.8) is 0 Å². The summed E-state index contributed by atoms with van der Waals surface area (Å²) < 4.78 is 5.78. The molecule has 1 aromatic heterocycles. The summed E-state index contributed by atoms with van der Waals surface area (Å²) in [6.45, 7) is 1.99. The van der Waals surface area contributed by atoms with E-state index in [1.807, 2.05) is 37.3 Å². The second kappa shape index (κ2) is 5.72. The number of aryl methyl sites for hydroxylation is 1. The normalized spacial score (nSPS) is 12.8. The Kier molecular flexibility index (Phi) is 3.94. The molecule has 1 unspecified atom stereocenters. The predicted molar refractivity (Wildman–Crippen MR) is 86.1 cm³/mol. The Morgan fingerprint density at radius 3 is 2.62 bits per heavy atom. The lowest BCUT2D eigenvalue weighted by molar-refractivity contribution is 0.152. The minimum atomic E-state index is -0.714. The second-order valence-corrected chi connectivity index (χ2v) is 5.92. The van der Waals surface area contributed by atoms with Crippen LogP contribution in [0, 0.1) is 6.92 Å². The first kappa shape index (κ1) is 14.5. The van der Waals surface area contributed by atoms with Gasteiger partial charge in [0.1, 0.15) is 17.4 Å². The Hall–Kier alpha value is -1.48. The number of aliphatic hydroxyl groups is 1. The molecule has 0 bridgehead atoms. The highest BCUT2D eigenvalue weighted by atomic mass is 35.5. The third kappa shape index (κ3) is 2.93. The third-order valence-corrected chi connectivity index (χ3v) is 4.24. The van der Waals surface area contributed by atoms with E-state index < -0.39 is 6.10 Å². The summed E-state index contributed by atoms with van der Waals surface area (Å²) in [5.41, 5.74) is 2.79. The molecule has 21 heavy (non-hydrogen) atoms. The summed E-state index contributed by atoms with van der Waals surface area (Å²) in [6, 6.07) is 13.2. The van der Waals surface area contributed by atoms with Gasteiger partial charge in [-0.2, -0.15) is 0 Å². The van der Waals surface area contributed by atoms with Gasteiger partial charge in [-0.05, 0) is 36.2 Å². The summed E-state index contributed by atoms with van der Waals surface area (Å²) in [5, 5.41) is 12.4. The molecular weight excluding hydrogens is 307 g/mol. The van der Waals surface area contributed by atoms with Crippen molar-refractivity contribution < 1.29 is 9.52 Å². The van der Waals surface area contributed by atoms with Gasteiger partial charge in [-0.15, -0.1) is 0 Å². The predicted octanol–water partition coefficient (Wildman–Crippen LogP) is 5.32. The number of benzene rings is 2. The monoisotopic (exact) mass is 320 g/mol. The van der Waals surface area contributed by atoms with Crippen LogP contribution < -0.4 is 0 Å². The van der Waals surface area contributed by atoms with E-state index in [2.05, 4.69) is 0 Å². The lowest BCUT2D eigenvalue weighted by Gasteiger charge is -2.08. The van der Waals surface area contributed by atoms with Crippen LogP contribution >= 0.6 is 23.2 Å². The fraction of sp³-hybridized carbons (Fsp3) is 0.176. The van der Waals surface area contributed by atoms with Gasteiger partial charge in [0.05, 0.1) is 10.0 Å². The van der Waals surface area contributed by atoms with Crippen molar-refractivity contribution in [2.24, 2.45) is 0 Å². The largest absolute Gasteiger partial charge is 0.458 e. The quantitative estimate of drug-likeness (QED) is 0.708. The molecule has 108 valence electrons. The zero-order valence-electron chi connectivity index (χ0n) is 11.4. The molecule has 0 fully saturated rings. The number of hydrogen-bond donors (Lipinski definition) is 1. The van der Waals surface area contributed by atoms with E-state index in [4.69, 9.17) is 27.6 Å². The summed E-state index contributed by atoms with van der Waals surface area (Å²) in [6.07, 6.45) is -0.288. The maximum atomic E-state index is 10.4. The molecule has 0 aliphatic rings. The maximum absolute atomic E-state index is 10.4. The molecule has 0 saturated heterocycles. The number of aliphatic hydroxyl groups excluding tert-OH is 1. The molecule has 4 heteroatoms. The van der Waals surface area contributed by atoms with Crippen molar-refractivity contribution in [1.29, 1.82) is 0 Å². The van der Waals surface area contributed by atoms with Gasteiger partial charge in [-0.3, -0.25) is 0 Å². The van der Waals surface area contributed by atoms with Crippen molar-refractivity contribution >= 4 is 34.2 Å². The number of para-hydroxylation sites is 1. The number of fused-ring (bicyclic) bond motifs is 1. The van der Waals surface area contributed by atoms with Crippen LogP contribution in [-0.2, 0) is 6.42 Å². The highest BCUT2D eigenvalue weighted by Crippen LogP contribution is 2.29. The molecule has 2 aromatic carbocycles. The molecule has 0 saturated carbocycles. The smallest absolute Gasteiger partial charge is 0.137 e. The molecule has 0 aliphatic carbocycles. The SMILES string of the molecule is Cc1cccc2cc(C(O)Cc3ccc(Cl)c(Cl)c3)oc12. The fourth-order valence-electron chi connectivity index (χ4n) is 2.38. The minimum Gasteiger partial charge on any atom is -0.458 e. The minimum absolute atomic E-state index is 0.426. The molecule has 1 heterocycles. The summed E-state index contributed by atoms with van der Waals surface area (Å²) in [4.78, 5) is 0. The molecular formula is C17H14Cl2O2. The van der Waals surface area contributed by atoms with E-state index in [0.717, 1.165) is 22.1 Å². The van der Waals surface area contributed by atoms with Crippen LogP contribution in [0.4, 0.5) is 0 Å². The first-order valence-corrected chi connectivity index (χ1v) is 7.41.